The Bertz CT molecular complexity index is 814. The molecule has 0 amide bonds. The van der Waals surface area contributed by atoms with E-state index in [-0.39, 0.29) is 5.60 Å². The van der Waals surface area contributed by atoms with E-state index < -0.39 is 0 Å². The molecule has 3 heterocycles. The topological polar surface area (TPSA) is 68.3 Å². The van der Waals surface area contributed by atoms with Gasteiger partial charge < -0.3 is 13.9 Å². The van der Waals surface area contributed by atoms with Gasteiger partial charge in [-0.2, -0.15) is 5.26 Å². The Hall–Kier alpha value is -2.58. The molecule has 3 rings (SSSR count). The molecule has 5 nitrogen and oxygen atoms in total. The SMILES string of the molecule is C=C(C)COc1nc(-c2ccco2)c2c(c1C#N)CC(C)(C)OC2. The second kappa shape index (κ2) is 6.14. The maximum atomic E-state index is 9.67. The Morgan fingerprint density at radius 1 is 1.46 bits per heavy atom. The largest absolute Gasteiger partial charge is 0.472 e. The maximum absolute atomic E-state index is 9.67. The Labute approximate surface area is 141 Å². The highest BCUT2D eigenvalue weighted by atomic mass is 16.5. The third-order valence-electron chi connectivity index (χ3n) is 3.91. The van der Waals surface area contributed by atoms with Crippen molar-refractivity contribution in [2.24, 2.45) is 0 Å². The summed E-state index contributed by atoms with van der Waals surface area (Å²) in [6.45, 7) is 10.4. The zero-order chi connectivity index (χ0) is 17.3. The Kier molecular flexibility index (Phi) is 4.16. The molecule has 0 saturated carbocycles. The molecule has 1 aliphatic heterocycles. The van der Waals surface area contributed by atoms with Crippen LogP contribution in [0.5, 0.6) is 5.88 Å². The van der Waals surface area contributed by atoms with Crippen LogP contribution in [0, 0.1) is 11.3 Å². The lowest BCUT2D eigenvalue weighted by molar-refractivity contribution is -0.0401. The summed E-state index contributed by atoms with van der Waals surface area (Å²) in [7, 11) is 0. The smallest absolute Gasteiger partial charge is 0.232 e. The monoisotopic (exact) mass is 324 g/mol. The van der Waals surface area contributed by atoms with Crippen molar-refractivity contribution in [3.05, 3.63) is 47.2 Å². The summed E-state index contributed by atoms with van der Waals surface area (Å²) in [5, 5.41) is 9.67. The Balaban J connectivity index is 2.19. The van der Waals surface area contributed by atoms with E-state index in [0.717, 1.165) is 16.7 Å². The standard InChI is InChI=1S/C19H20N2O3/c1-12(2)10-23-18-14(9-20)13-8-19(3,4)24-11-15(13)17(21-18)16-6-5-7-22-16/h5-7H,1,8,10-11H2,2-4H3. The molecule has 5 heteroatoms. The highest BCUT2D eigenvalue weighted by Crippen LogP contribution is 2.38. The average molecular weight is 324 g/mol. The number of hydrogen-bond donors (Lipinski definition) is 0. The van der Waals surface area contributed by atoms with E-state index in [9.17, 15) is 5.26 Å². The van der Waals surface area contributed by atoms with Gasteiger partial charge in [-0.3, -0.25) is 0 Å². The zero-order valence-corrected chi connectivity index (χ0v) is 14.2. The first-order valence-corrected chi connectivity index (χ1v) is 7.82. The number of furan rings is 1. The average Bonchev–Trinajstić information content (AvgIpc) is 3.04. The van der Waals surface area contributed by atoms with Crippen molar-refractivity contribution >= 4 is 0 Å². The van der Waals surface area contributed by atoms with Crippen LogP contribution < -0.4 is 4.74 Å². The highest BCUT2D eigenvalue weighted by Gasteiger charge is 2.33. The van der Waals surface area contributed by atoms with E-state index in [4.69, 9.17) is 13.9 Å². The van der Waals surface area contributed by atoms with Gasteiger partial charge in [-0.25, -0.2) is 4.98 Å². The van der Waals surface area contributed by atoms with Crippen LogP contribution in [0.4, 0.5) is 0 Å². The number of hydrogen-bond acceptors (Lipinski definition) is 5. The number of nitriles is 1. The second-order valence-electron chi connectivity index (χ2n) is 6.66. The molecular formula is C19H20N2O3. The van der Waals surface area contributed by atoms with Crippen molar-refractivity contribution in [3.63, 3.8) is 0 Å². The number of rotatable bonds is 4. The lowest BCUT2D eigenvalue weighted by Crippen LogP contribution is -2.33. The summed E-state index contributed by atoms with van der Waals surface area (Å²) >= 11 is 0. The summed E-state index contributed by atoms with van der Waals surface area (Å²) in [5.74, 6) is 0.961. The number of fused-ring (bicyclic) bond motifs is 1. The van der Waals surface area contributed by atoms with Crippen LogP contribution in [-0.4, -0.2) is 17.2 Å². The van der Waals surface area contributed by atoms with Crippen molar-refractivity contribution < 1.29 is 13.9 Å². The minimum atomic E-state index is -0.341. The molecule has 2 aromatic heterocycles. The van der Waals surface area contributed by atoms with Gasteiger partial charge in [0.25, 0.3) is 0 Å². The molecule has 0 bridgehead atoms. The van der Waals surface area contributed by atoms with Crippen molar-refractivity contribution in [3.8, 4) is 23.4 Å². The Morgan fingerprint density at radius 3 is 2.88 bits per heavy atom. The first-order valence-electron chi connectivity index (χ1n) is 7.82. The van der Waals surface area contributed by atoms with Crippen molar-refractivity contribution in [1.82, 2.24) is 4.98 Å². The van der Waals surface area contributed by atoms with Crippen molar-refractivity contribution in [2.75, 3.05) is 6.61 Å². The predicted octanol–water partition coefficient (Wildman–Crippen LogP) is 4.02. The summed E-state index contributed by atoms with van der Waals surface area (Å²) in [4.78, 5) is 4.56. The lowest BCUT2D eigenvalue weighted by atomic mass is 9.88. The van der Waals surface area contributed by atoms with E-state index in [1.807, 2.05) is 32.9 Å². The van der Waals surface area contributed by atoms with Gasteiger partial charge in [0.1, 0.15) is 23.9 Å². The lowest BCUT2D eigenvalue weighted by Gasteiger charge is -2.33. The maximum Gasteiger partial charge on any atom is 0.232 e. The van der Waals surface area contributed by atoms with Gasteiger partial charge in [0.15, 0.2) is 5.76 Å². The van der Waals surface area contributed by atoms with Crippen molar-refractivity contribution in [2.45, 2.75) is 39.4 Å². The fourth-order valence-electron chi connectivity index (χ4n) is 2.77. The summed E-state index contributed by atoms with van der Waals surface area (Å²) < 4.78 is 17.2. The van der Waals surface area contributed by atoms with Crippen LogP contribution in [0.1, 0.15) is 37.5 Å². The van der Waals surface area contributed by atoms with Gasteiger partial charge in [-0.1, -0.05) is 6.58 Å². The van der Waals surface area contributed by atoms with E-state index in [2.05, 4.69) is 17.6 Å². The fraction of sp³-hybridized carbons (Fsp3) is 0.368. The van der Waals surface area contributed by atoms with Crippen LogP contribution >= 0.6 is 0 Å². The van der Waals surface area contributed by atoms with Crippen LogP contribution in [-0.2, 0) is 17.8 Å². The van der Waals surface area contributed by atoms with Gasteiger partial charge in [0.2, 0.25) is 5.88 Å². The zero-order valence-electron chi connectivity index (χ0n) is 14.2. The molecule has 0 aliphatic carbocycles. The van der Waals surface area contributed by atoms with Gasteiger partial charge in [0, 0.05) is 12.0 Å². The molecule has 0 fully saturated rings. The normalized spacial score (nSPS) is 15.4. The summed E-state index contributed by atoms with van der Waals surface area (Å²) in [5.41, 5.74) is 3.47. The van der Waals surface area contributed by atoms with Crippen LogP contribution in [0.25, 0.3) is 11.5 Å². The Morgan fingerprint density at radius 2 is 2.25 bits per heavy atom. The van der Waals surface area contributed by atoms with Crippen LogP contribution in [0.15, 0.2) is 35.0 Å². The molecule has 0 unspecified atom stereocenters. The first kappa shape index (κ1) is 16.3. The van der Waals surface area contributed by atoms with E-state index in [0.29, 0.717) is 42.5 Å². The third kappa shape index (κ3) is 3.06. The third-order valence-corrected chi connectivity index (χ3v) is 3.91. The molecule has 0 radical (unpaired) electrons. The highest BCUT2D eigenvalue weighted by molar-refractivity contribution is 5.65. The van der Waals surface area contributed by atoms with Gasteiger partial charge in [-0.05, 0) is 44.0 Å². The quantitative estimate of drug-likeness (QED) is 0.795. The molecule has 0 aromatic carbocycles. The number of ether oxygens (including phenoxy) is 2. The number of aromatic nitrogens is 1. The van der Waals surface area contributed by atoms with Crippen molar-refractivity contribution in [1.29, 1.82) is 5.26 Å². The molecule has 0 spiro atoms. The molecular weight excluding hydrogens is 304 g/mol. The predicted molar refractivity (Wildman–Crippen MR) is 89.5 cm³/mol. The van der Waals surface area contributed by atoms with E-state index in [1.54, 1.807) is 6.26 Å². The summed E-state index contributed by atoms with van der Waals surface area (Å²) in [6, 6.07) is 5.91. The van der Waals surface area contributed by atoms with E-state index in [1.165, 1.54) is 0 Å². The van der Waals surface area contributed by atoms with Crippen LogP contribution in [0.2, 0.25) is 0 Å². The minimum Gasteiger partial charge on any atom is -0.472 e. The molecule has 0 atom stereocenters. The fourth-order valence-corrected chi connectivity index (χ4v) is 2.77. The van der Waals surface area contributed by atoms with Gasteiger partial charge in [-0.15, -0.1) is 0 Å². The first-order chi connectivity index (χ1) is 11.4. The summed E-state index contributed by atoms with van der Waals surface area (Å²) in [6.07, 6.45) is 2.22. The molecule has 0 N–H and O–H groups in total. The molecule has 0 saturated heterocycles. The van der Waals surface area contributed by atoms with Gasteiger partial charge in [0.05, 0.1) is 18.5 Å². The molecule has 1 aliphatic rings. The van der Waals surface area contributed by atoms with Gasteiger partial charge >= 0.3 is 0 Å². The molecule has 24 heavy (non-hydrogen) atoms. The minimum absolute atomic E-state index is 0.317. The molecule has 124 valence electrons. The number of pyridine rings is 1. The molecule has 2 aromatic rings. The van der Waals surface area contributed by atoms with E-state index >= 15 is 0 Å². The number of nitrogens with zero attached hydrogens (tertiary/aromatic N) is 2. The second-order valence-corrected chi connectivity index (χ2v) is 6.66. The van der Waals surface area contributed by atoms with Crippen LogP contribution in [0.3, 0.4) is 0 Å².